The molecule has 0 aliphatic rings. The molecule has 0 aliphatic heterocycles. The van der Waals surface area contributed by atoms with E-state index < -0.39 is 6.10 Å². The molecule has 4 heteroatoms. The first-order valence-electron chi connectivity index (χ1n) is 5.95. The molecule has 0 radical (unpaired) electrons. The van der Waals surface area contributed by atoms with Crippen molar-refractivity contribution >= 4 is 11.6 Å². The van der Waals surface area contributed by atoms with Crippen LogP contribution >= 0.6 is 0 Å². The number of hydrogen-bond acceptors (Lipinski definition) is 3. The Morgan fingerprint density at radius 2 is 1.89 bits per heavy atom. The van der Waals surface area contributed by atoms with Crippen LogP contribution in [0.4, 0.5) is 5.69 Å². The molecule has 1 unspecified atom stereocenters. The fourth-order valence-corrected chi connectivity index (χ4v) is 1.74. The average molecular weight is 257 g/mol. The zero-order valence-electron chi connectivity index (χ0n) is 10.5. The zero-order valence-corrected chi connectivity index (χ0v) is 10.5. The molecule has 0 saturated heterocycles. The number of amides is 1. The molecule has 19 heavy (non-hydrogen) atoms. The number of anilines is 1. The minimum atomic E-state index is -0.595. The maximum atomic E-state index is 12.0. The van der Waals surface area contributed by atoms with E-state index in [-0.39, 0.29) is 17.2 Å². The standard InChI is InChI=1S/C15H15NO3/c1-10(17)11-5-4-6-12(9-11)16-15(19)13-7-2-3-8-14(13)18/h2-10,17-18H,1H3,(H,16,19). The van der Waals surface area contributed by atoms with Gasteiger partial charge in [0.2, 0.25) is 0 Å². The lowest BCUT2D eigenvalue weighted by atomic mass is 10.1. The second-order valence-electron chi connectivity index (χ2n) is 4.27. The van der Waals surface area contributed by atoms with Crippen molar-refractivity contribution < 1.29 is 15.0 Å². The SMILES string of the molecule is CC(O)c1cccc(NC(=O)c2ccccc2O)c1. The fourth-order valence-electron chi connectivity index (χ4n) is 1.74. The highest BCUT2D eigenvalue weighted by Crippen LogP contribution is 2.20. The van der Waals surface area contributed by atoms with E-state index in [9.17, 15) is 15.0 Å². The molecule has 2 rings (SSSR count). The predicted octanol–water partition coefficient (Wildman–Crippen LogP) is 2.70. The summed E-state index contributed by atoms with van der Waals surface area (Å²) >= 11 is 0. The number of hydrogen-bond donors (Lipinski definition) is 3. The van der Waals surface area contributed by atoms with Gasteiger partial charge in [-0.2, -0.15) is 0 Å². The summed E-state index contributed by atoms with van der Waals surface area (Å²) in [5, 5.41) is 21.8. The molecule has 0 bridgehead atoms. The van der Waals surface area contributed by atoms with E-state index in [1.54, 1.807) is 49.4 Å². The Labute approximate surface area is 111 Å². The Bertz CT molecular complexity index is 593. The number of nitrogens with one attached hydrogen (secondary N) is 1. The molecule has 4 nitrogen and oxygen atoms in total. The van der Waals surface area contributed by atoms with E-state index >= 15 is 0 Å². The highest BCUT2D eigenvalue weighted by atomic mass is 16.3. The van der Waals surface area contributed by atoms with Gasteiger partial charge in [0.25, 0.3) is 5.91 Å². The van der Waals surface area contributed by atoms with Gasteiger partial charge < -0.3 is 15.5 Å². The Morgan fingerprint density at radius 3 is 2.58 bits per heavy atom. The van der Waals surface area contributed by atoms with Gasteiger partial charge in [0.15, 0.2) is 0 Å². The van der Waals surface area contributed by atoms with Crippen molar-refractivity contribution in [2.75, 3.05) is 5.32 Å². The Balaban J connectivity index is 2.20. The molecule has 1 atom stereocenters. The predicted molar refractivity (Wildman–Crippen MR) is 73.1 cm³/mol. The summed E-state index contributed by atoms with van der Waals surface area (Å²) in [7, 11) is 0. The molecule has 0 aliphatic carbocycles. The van der Waals surface area contributed by atoms with Crippen LogP contribution in [0.2, 0.25) is 0 Å². The lowest BCUT2D eigenvalue weighted by molar-refractivity contribution is 0.102. The van der Waals surface area contributed by atoms with Crippen LogP contribution in [0.25, 0.3) is 0 Å². The Hall–Kier alpha value is -2.33. The van der Waals surface area contributed by atoms with Gasteiger partial charge in [-0.1, -0.05) is 24.3 Å². The lowest BCUT2D eigenvalue weighted by Gasteiger charge is -2.09. The van der Waals surface area contributed by atoms with Gasteiger partial charge in [0, 0.05) is 5.69 Å². The maximum Gasteiger partial charge on any atom is 0.259 e. The molecule has 0 heterocycles. The Kier molecular flexibility index (Phi) is 3.82. The highest BCUT2D eigenvalue weighted by Gasteiger charge is 2.11. The molecule has 1 amide bonds. The molecular formula is C15H15NO3. The molecule has 0 spiro atoms. The van der Waals surface area contributed by atoms with Gasteiger partial charge in [-0.05, 0) is 36.8 Å². The van der Waals surface area contributed by atoms with Gasteiger partial charge in [0.05, 0.1) is 11.7 Å². The van der Waals surface area contributed by atoms with Crippen molar-refractivity contribution in [1.29, 1.82) is 0 Å². The number of aliphatic hydroxyl groups excluding tert-OH is 1. The first kappa shape index (κ1) is 13.1. The third kappa shape index (κ3) is 3.11. The first-order valence-corrected chi connectivity index (χ1v) is 5.95. The number of benzene rings is 2. The summed E-state index contributed by atoms with van der Waals surface area (Å²) in [6.45, 7) is 1.66. The van der Waals surface area contributed by atoms with Crippen LogP contribution in [-0.4, -0.2) is 16.1 Å². The third-order valence-corrected chi connectivity index (χ3v) is 2.78. The molecule has 3 N–H and O–H groups in total. The van der Waals surface area contributed by atoms with E-state index in [2.05, 4.69) is 5.32 Å². The van der Waals surface area contributed by atoms with Crippen LogP contribution in [0.3, 0.4) is 0 Å². The molecule has 98 valence electrons. The molecule has 2 aromatic rings. The number of aromatic hydroxyl groups is 1. The average Bonchev–Trinajstić information content (AvgIpc) is 2.39. The van der Waals surface area contributed by atoms with E-state index in [0.717, 1.165) is 5.56 Å². The van der Waals surface area contributed by atoms with Crippen LogP contribution in [0.5, 0.6) is 5.75 Å². The van der Waals surface area contributed by atoms with Crippen molar-refractivity contribution in [2.24, 2.45) is 0 Å². The highest BCUT2D eigenvalue weighted by molar-refractivity contribution is 6.06. The van der Waals surface area contributed by atoms with Gasteiger partial charge in [-0.15, -0.1) is 0 Å². The smallest absolute Gasteiger partial charge is 0.259 e. The quantitative estimate of drug-likeness (QED) is 0.791. The zero-order chi connectivity index (χ0) is 13.8. The van der Waals surface area contributed by atoms with E-state index in [1.165, 1.54) is 6.07 Å². The van der Waals surface area contributed by atoms with Crippen LogP contribution in [0.15, 0.2) is 48.5 Å². The van der Waals surface area contributed by atoms with Crippen LogP contribution < -0.4 is 5.32 Å². The number of aliphatic hydroxyl groups is 1. The fraction of sp³-hybridized carbons (Fsp3) is 0.133. The second kappa shape index (κ2) is 5.54. The van der Waals surface area contributed by atoms with Crippen molar-refractivity contribution in [1.82, 2.24) is 0 Å². The maximum absolute atomic E-state index is 12.0. The van der Waals surface area contributed by atoms with Crippen LogP contribution in [-0.2, 0) is 0 Å². The number of phenols is 1. The van der Waals surface area contributed by atoms with E-state index in [0.29, 0.717) is 5.69 Å². The Morgan fingerprint density at radius 1 is 1.16 bits per heavy atom. The van der Waals surface area contributed by atoms with Crippen molar-refractivity contribution in [3.8, 4) is 5.75 Å². The normalized spacial score (nSPS) is 11.9. The number of carbonyl (C=O) groups is 1. The summed E-state index contributed by atoms with van der Waals surface area (Å²) in [5.74, 6) is -0.451. The minimum absolute atomic E-state index is 0.0633. The summed E-state index contributed by atoms with van der Waals surface area (Å²) < 4.78 is 0. The minimum Gasteiger partial charge on any atom is -0.507 e. The first-order chi connectivity index (χ1) is 9.08. The second-order valence-corrected chi connectivity index (χ2v) is 4.27. The number of phenolic OH excluding ortho intramolecular Hbond substituents is 1. The molecule has 0 saturated carbocycles. The molecular weight excluding hydrogens is 242 g/mol. The summed E-state index contributed by atoms with van der Waals surface area (Å²) in [4.78, 5) is 12.0. The van der Waals surface area contributed by atoms with Crippen molar-refractivity contribution in [2.45, 2.75) is 13.0 Å². The number of rotatable bonds is 3. The van der Waals surface area contributed by atoms with Crippen LogP contribution in [0.1, 0.15) is 28.9 Å². The lowest BCUT2D eigenvalue weighted by Crippen LogP contribution is -2.12. The third-order valence-electron chi connectivity index (χ3n) is 2.78. The number of para-hydroxylation sites is 1. The summed E-state index contributed by atoms with van der Waals surface area (Å²) in [6, 6.07) is 13.3. The van der Waals surface area contributed by atoms with E-state index in [1.807, 2.05) is 0 Å². The van der Waals surface area contributed by atoms with Gasteiger partial charge in [0.1, 0.15) is 5.75 Å². The van der Waals surface area contributed by atoms with Crippen LogP contribution in [0, 0.1) is 0 Å². The molecule has 0 aromatic heterocycles. The van der Waals surface area contributed by atoms with Crippen molar-refractivity contribution in [3.05, 3.63) is 59.7 Å². The van der Waals surface area contributed by atoms with Crippen molar-refractivity contribution in [3.63, 3.8) is 0 Å². The van der Waals surface area contributed by atoms with Gasteiger partial charge >= 0.3 is 0 Å². The topological polar surface area (TPSA) is 69.6 Å². The molecule has 2 aromatic carbocycles. The summed E-state index contributed by atoms with van der Waals surface area (Å²) in [6.07, 6.45) is -0.595. The largest absolute Gasteiger partial charge is 0.507 e. The van der Waals surface area contributed by atoms with Gasteiger partial charge in [-0.3, -0.25) is 4.79 Å². The number of carbonyl (C=O) groups excluding carboxylic acids is 1. The van der Waals surface area contributed by atoms with Gasteiger partial charge in [-0.25, -0.2) is 0 Å². The van der Waals surface area contributed by atoms with E-state index in [4.69, 9.17) is 0 Å². The monoisotopic (exact) mass is 257 g/mol. The molecule has 0 fully saturated rings. The summed E-state index contributed by atoms with van der Waals surface area (Å²) in [5.41, 5.74) is 1.51.